The number of halogens is 1. The summed E-state index contributed by atoms with van der Waals surface area (Å²) in [5.74, 6) is -0.259. The summed E-state index contributed by atoms with van der Waals surface area (Å²) in [5, 5.41) is 2.93. The van der Waals surface area contributed by atoms with E-state index in [0.717, 1.165) is 0 Å². The Morgan fingerprint density at radius 2 is 1.71 bits per heavy atom. The average Bonchev–Trinajstić information content (AvgIpc) is 3.51. The smallest absolute Gasteiger partial charge is 0.237 e. The van der Waals surface area contributed by atoms with Crippen molar-refractivity contribution >= 4 is 29.1 Å². The van der Waals surface area contributed by atoms with Crippen LogP contribution in [0.1, 0.15) is 45.4 Å². The Kier molecular flexibility index (Phi) is 8.21. The highest BCUT2D eigenvalue weighted by Crippen LogP contribution is 2.54. The lowest BCUT2D eigenvalue weighted by Gasteiger charge is -2.35. The molecule has 1 aliphatic carbocycles. The van der Waals surface area contributed by atoms with Crippen molar-refractivity contribution in [2.75, 3.05) is 41.6 Å². The van der Waals surface area contributed by atoms with E-state index in [9.17, 15) is 14.4 Å². The maximum absolute atomic E-state index is 14.6. The number of ketones is 2. The molecule has 2 unspecified atom stereocenters. The predicted molar refractivity (Wildman–Crippen MR) is 153 cm³/mol. The van der Waals surface area contributed by atoms with Crippen LogP contribution in [-0.4, -0.2) is 64.7 Å². The van der Waals surface area contributed by atoms with E-state index < -0.39 is 23.1 Å². The Hall–Kier alpha value is -4.02. The zero-order valence-electron chi connectivity index (χ0n) is 24.1. The van der Waals surface area contributed by atoms with Gasteiger partial charge < -0.3 is 33.4 Å². The molecular weight excluding hydrogens is 566 g/mol. The summed E-state index contributed by atoms with van der Waals surface area (Å²) in [6.07, 6.45) is 0.683. The maximum Gasteiger partial charge on any atom is 0.237 e. The summed E-state index contributed by atoms with van der Waals surface area (Å²) in [4.78, 5) is 41.8. The van der Waals surface area contributed by atoms with Gasteiger partial charge in [0.15, 0.2) is 5.75 Å². The van der Waals surface area contributed by atoms with Crippen molar-refractivity contribution in [2.24, 2.45) is 5.92 Å². The number of benzene rings is 2. The Bertz CT molecular complexity index is 1540. The molecule has 2 aromatic carbocycles. The van der Waals surface area contributed by atoms with Gasteiger partial charge in [-0.1, -0.05) is 18.5 Å². The van der Waals surface area contributed by atoms with Crippen molar-refractivity contribution in [1.29, 1.82) is 0 Å². The van der Waals surface area contributed by atoms with Crippen LogP contribution in [0.4, 0.5) is 0 Å². The number of Topliss-reactive ketones (excluding diaryl/α,β-unsaturated/α-hetero) is 2. The summed E-state index contributed by atoms with van der Waals surface area (Å²) >= 11 is 6.57. The van der Waals surface area contributed by atoms with Crippen molar-refractivity contribution in [1.82, 2.24) is 5.32 Å². The Morgan fingerprint density at radius 3 is 2.36 bits per heavy atom. The van der Waals surface area contributed by atoms with E-state index in [4.69, 9.17) is 39.7 Å². The summed E-state index contributed by atoms with van der Waals surface area (Å²) in [6, 6.07) is 8.59. The Balaban J connectivity index is 1.62. The van der Waals surface area contributed by atoms with Crippen LogP contribution in [0.2, 0.25) is 5.02 Å². The highest BCUT2D eigenvalue weighted by molar-refractivity contribution is 6.36. The molecule has 1 aromatic heterocycles. The minimum absolute atomic E-state index is 0.0258. The summed E-state index contributed by atoms with van der Waals surface area (Å²) in [6.45, 7) is 2.64. The van der Waals surface area contributed by atoms with E-state index in [1.807, 2.05) is 0 Å². The highest BCUT2D eigenvalue weighted by Gasteiger charge is 2.63. The van der Waals surface area contributed by atoms with Crippen molar-refractivity contribution < 1.29 is 42.5 Å². The van der Waals surface area contributed by atoms with Crippen LogP contribution in [0.3, 0.4) is 0 Å². The van der Waals surface area contributed by atoms with Crippen LogP contribution < -0.4 is 24.3 Å². The van der Waals surface area contributed by atoms with Crippen LogP contribution in [0.15, 0.2) is 34.7 Å². The largest absolute Gasteiger partial charge is 0.497 e. The first-order chi connectivity index (χ1) is 20.2. The molecule has 0 saturated heterocycles. The molecule has 42 heavy (non-hydrogen) atoms. The lowest BCUT2D eigenvalue weighted by atomic mass is 9.70. The van der Waals surface area contributed by atoms with E-state index in [-0.39, 0.29) is 52.1 Å². The van der Waals surface area contributed by atoms with Crippen LogP contribution in [0.25, 0.3) is 11.3 Å². The molecule has 11 heteroatoms. The van der Waals surface area contributed by atoms with E-state index in [1.165, 1.54) is 20.3 Å². The van der Waals surface area contributed by atoms with Gasteiger partial charge in [-0.2, -0.15) is 0 Å². The minimum Gasteiger partial charge on any atom is -0.497 e. The Labute approximate surface area is 248 Å². The molecule has 2 aliphatic rings. The fourth-order valence-electron chi connectivity index (χ4n) is 5.64. The van der Waals surface area contributed by atoms with Gasteiger partial charge >= 0.3 is 0 Å². The third-order valence-corrected chi connectivity index (χ3v) is 8.14. The van der Waals surface area contributed by atoms with Crippen LogP contribution in [0, 0.1) is 5.92 Å². The number of fused-ring (bicyclic) bond motifs is 2. The molecule has 1 N–H and O–H groups in total. The lowest BCUT2D eigenvalue weighted by Crippen LogP contribution is -2.56. The molecular formula is C31H32ClNO9. The van der Waals surface area contributed by atoms with Gasteiger partial charge in [-0.25, -0.2) is 0 Å². The second kappa shape index (κ2) is 11.7. The number of amides is 1. The van der Waals surface area contributed by atoms with E-state index in [2.05, 4.69) is 5.32 Å². The molecule has 0 radical (unpaired) electrons. The quantitative estimate of drug-likeness (QED) is 0.261. The second-order valence-electron chi connectivity index (χ2n) is 10.2. The van der Waals surface area contributed by atoms with Gasteiger partial charge in [0, 0.05) is 49.8 Å². The standard InChI is InChI=1S/C31H32ClNO9/c1-16-13-21-24(29(35)31(16)30(36)25-20(39-4)15-22(40-5)26(32)28(25)42-31)19(14-23(34)33-11-6-12-37-2)27(41-21)17-7-9-18(38-3)10-8-17/h7-10,15-16H,6,11-14H2,1-5H3,(H,33,34). The number of methoxy groups -OCH3 is 4. The molecule has 3 aromatic rings. The lowest BCUT2D eigenvalue weighted by molar-refractivity contribution is -0.120. The first-order valence-electron chi connectivity index (χ1n) is 13.5. The monoisotopic (exact) mass is 597 g/mol. The van der Waals surface area contributed by atoms with Gasteiger partial charge in [0.2, 0.25) is 23.1 Å². The van der Waals surface area contributed by atoms with Gasteiger partial charge in [-0.05, 0) is 30.7 Å². The van der Waals surface area contributed by atoms with E-state index >= 15 is 0 Å². The zero-order chi connectivity index (χ0) is 30.2. The third-order valence-electron chi connectivity index (χ3n) is 7.79. The van der Waals surface area contributed by atoms with Crippen LogP contribution in [-0.2, 0) is 22.4 Å². The van der Waals surface area contributed by atoms with Crippen molar-refractivity contribution in [3.63, 3.8) is 0 Å². The normalized spacial score (nSPS) is 18.9. The number of furan rings is 1. The molecule has 0 bridgehead atoms. The van der Waals surface area contributed by atoms with Gasteiger partial charge in [-0.15, -0.1) is 0 Å². The first-order valence-corrected chi connectivity index (χ1v) is 13.9. The van der Waals surface area contributed by atoms with Crippen LogP contribution in [0.5, 0.6) is 23.0 Å². The molecule has 10 nitrogen and oxygen atoms in total. The summed E-state index contributed by atoms with van der Waals surface area (Å²) in [5.41, 5.74) is -0.669. The van der Waals surface area contributed by atoms with Crippen molar-refractivity contribution in [2.45, 2.75) is 31.8 Å². The van der Waals surface area contributed by atoms with Gasteiger partial charge in [-0.3, -0.25) is 14.4 Å². The highest BCUT2D eigenvalue weighted by atomic mass is 35.5. The molecule has 222 valence electrons. The number of hydrogen-bond donors (Lipinski definition) is 1. The van der Waals surface area contributed by atoms with Gasteiger partial charge in [0.05, 0.1) is 33.3 Å². The summed E-state index contributed by atoms with van der Waals surface area (Å²) < 4.78 is 33.7. The second-order valence-corrected chi connectivity index (χ2v) is 10.6. The average molecular weight is 598 g/mol. The molecule has 1 amide bonds. The fourth-order valence-corrected chi connectivity index (χ4v) is 5.91. The van der Waals surface area contributed by atoms with Crippen LogP contribution >= 0.6 is 11.6 Å². The Morgan fingerprint density at radius 1 is 1.02 bits per heavy atom. The SMILES string of the molecule is COCCCNC(=O)Cc1c(-c2ccc(OC)cc2)oc2c1C(=O)C1(Oc3c(Cl)c(OC)cc(OC)c3C1=O)C(C)C2. The maximum atomic E-state index is 14.6. The minimum atomic E-state index is -1.93. The van der Waals surface area contributed by atoms with E-state index in [0.29, 0.717) is 48.0 Å². The van der Waals surface area contributed by atoms with Gasteiger partial charge in [0.1, 0.15) is 39.4 Å². The summed E-state index contributed by atoms with van der Waals surface area (Å²) in [7, 11) is 5.99. The number of carbonyl (C=O) groups excluding carboxylic acids is 3. The fraction of sp³-hybridized carbons (Fsp3) is 0.387. The zero-order valence-corrected chi connectivity index (χ0v) is 24.8. The third kappa shape index (κ3) is 4.68. The predicted octanol–water partition coefficient (Wildman–Crippen LogP) is 4.71. The van der Waals surface area contributed by atoms with E-state index in [1.54, 1.807) is 45.4 Å². The molecule has 1 aliphatic heterocycles. The number of carbonyl (C=O) groups is 3. The van der Waals surface area contributed by atoms with Crippen molar-refractivity contribution in [3.8, 4) is 34.3 Å². The molecule has 1 spiro atoms. The number of ether oxygens (including phenoxy) is 5. The molecule has 2 heterocycles. The van der Waals surface area contributed by atoms with Gasteiger partial charge in [0.25, 0.3) is 0 Å². The first kappa shape index (κ1) is 29.5. The number of hydrogen-bond acceptors (Lipinski definition) is 9. The molecule has 0 fully saturated rings. The van der Waals surface area contributed by atoms with Crippen molar-refractivity contribution in [3.05, 3.63) is 57.8 Å². The molecule has 5 rings (SSSR count). The molecule has 0 saturated carbocycles. The topological polar surface area (TPSA) is 123 Å². The number of rotatable bonds is 10. The number of nitrogens with one attached hydrogen (secondary N) is 1. The molecule has 2 atom stereocenters.